The molecular formula is C15H20N2O. The number of nitrogens with one attached hydrogen (secondary N) is 1. The number of ether oxygens (including phenoxy) is 1. The number of methoxy groups -OCH3 is 1. The molecule has 1 fully saturated rings. The van der Waals surface area contributed by atoms with Gasteiger partial charge in [0.25, 0.3) is 0 Å². The van der Waals surface area contributed by atoms with Crippen LogP contribution < -0.4 is 4.74 Å². The summed E-state index contributed by atoms with van der Waals surface area (Å²) < 4.78 is 5.24. The van der Waals surface area contributed by atoms with Crippen molar-refractivity contribution in [2.75, 3.05) is 26.7 Å². The Hall–Kier alpha value is -1.48. The van der Waals surface area contributed by atoms with E-state index < -0.39 is 0 Å². The minimum absolute atomic E-state index is 0.912. The molecule has 1 saturated heterocycles. The van der Waals surface area contributed by atoms with Crippen molar-refractivity contribution in [2.24, 2.45) is 0 Å². The first-order valence-corrected chi connectivity index (χ1v) is 6.73. The highest BCUT2D eigenvalue weighted by Gasteiger charge is 2.12. The molecule has 1 aromatic heterocycles. The van der Waals surface area contributed by atoms with Crippen molar-refractivity contribution in [3.8, 4) is 5.75 Å². The molecule has 0 bridgehead atoms. The topological polar surface area (TPSA) is 28.3 Å². The highest BCUT2D eigenvalue weighted by atomic mass is 16.5. The first-order chi connectivity index (χ1) is 8.86. The smallest absolute Gasteiger partial charge is 0.120 e. The van der Waals surface area contributed by atoms with E-state index in [9.17, 15) is 0 Å². The first kappa shape index (κ1) is 11.6. The Morgan fingerprint density at radius 2 is 2.11 bits per heavy atom. The molecule has 1 aliphatic rings. The quantitative estimate of drug-likeness (QED) is 0.895. The van der Waals surface area contributed by atoms with Crippen molar-refractivity contribution in [3.05, 3.63) is 30.0 Å². The number of H-pyrrole nitrogens is 1. The fourth-order valence-corrected chi connectivity index (χ4v) is 2.78. The maximum absolute atomic E-state index is 5.24. The Balaban J connectivity index is 1.75. The van der Waals surface area contributed by atoms with E-state index in [2.05, 4.69) is 28.2 Å². The molecule has 3 rings (SSSR count). The van der Waals surface area contributed by atoms with E-state index in [1.165, 1.54) is 48.9 Å². The van der Waals surface area contributed by atoms with Gasteiger partial charge in [-0.25, -0.2) is 0 Å². The summed E-state index contributed by atoms with van der Waals surface area (Å²) in [4.78, 5) is 5.90. The molecule has 0 aliphatic carbocycles. The van der Waals surface area contributed by atoms with Crippen molar-refractivity contribution in [2.45, 2.75) is 19.3 Å². The Morgan fingerprint density at radius 3 is 2.89 bits per heavy atom. The molecule has 2 heterocycles. The first-order valence-electron chi connectivity index (χ1n) is 6.73. The number of nitrogens with zero attached hydrogens (tertiary/aromatic N) is 1. The van der Waals surface area contributed by atoms with Gasteiger partial charge in [0.15, 0.2) is 0 Å². The molecule has 3 heteroatoms. The number of rotatable bonds is 4. The monoisotopic (exact) mass is 244 g/mol. The van der Waals surface area contributed by atoms with Crippen LogP contribution in [0.3, 0.4) is 0 Å². The van der Waals surface area contributed by atoms with Crippen LogP contribution in [0.2, 0.25) is 0 Å². The molecule has 3 nitrogen and oxygen atoms in total. The summed E-state index contributed by atoms with van der Waals surface area (Å²) in [6.07, 6.45) is 6.00. The Bertz CT molecular complexity index is 526. The van der Waals surface area contributed by atoms with Crippen LogP contribution in [-0.4, -0.2) is 36.6 Å². The Morgan fingerprint density at radius 1 is 1.28 bits per heavy atom. The lowest BCUT2D eigenvalue weighted by atomic mass is 10.1. The fourth-order valence-electron chi connectivity index (χ4n) is 2.78. The van der Waals surface area contributed by atoms with Crippen molar-refractivity contribution >= 4 is 10.9 Å². The maximum atomic E-state index is 5.24. The van der Waals surface area contributed by atoms with Gasteiger partial charge in [0.05, 0.1) is 7.11 Å². The number of fused-ring (bicyclic) bond motifs is 1. The van der Waals surface area contributed by atoms with Crippen molar-refractivity contribution in [1.29, 1.82) is 0 Å². The van der Waals surface area contributed by atoms with Gasteiger partial charge >= 0.3 is 0 Å². The highest BCUT2D eigenvalue weighted by molar-refractivity contribution is 5.84. The van der Waals surface area contributed by atoms with Gasteiger partial charge in [-0.3, -0.25) is 0 Å². The molecule has 0 saturated carbocycles. The van der Waals surface area contributed by atoms with Gasteiger partial charge in [-0.2, -0.15) is 0 Å². The van der Waals surface area contributed by atoms with Crippen molar-refractivity contribution in [3.63, 3.8) is 0 Å². The average molecular weight is 244 g/mol. The minimum Gasteiger partial charge on any atom is -0.497 e. The third kappa shape index (κ3) is 2.23. The van der Waals surface area contributed by atoms with Crippen molar-refractivity contribution < 1.29 is 4.74 Å². The van der Waals surface area contributed by atoms with Crippen LogP contribution in [0.25, 0.3) is 10.9 Å². The summed E-state index contributed by atoms with van der Waals surface area (Å²) in [7, 11) is 1.71. The van der Waals surface area contributed by atoms with E-state index in [0.29, 0.717) is 0 Å². The number of likely N-dealkylation sites (tertiary alicyclic amines) is 1. The molecule has 96 valence electrons. The van der Waals surface area contributed by atoms with Crippen LogP contribution in [0, 0.1) is 0 Å². The summed E-state index contributed by atoms with van der Waals surface area (Å²) in [5.74, 6) is 0.912. The van der Waals surface area contributed by atoms with E-state index in [0.717, 1.165) is 12.2 Å². The molecule has 0 atom stereocenters. The van der Waals surface area contributed by atoms with Crippen LogP contribution in [0.5, 0.6) is 5.75 Å². The number of hydrogen-bond acceptors (Lipinski definition) is 2. The van der Waals surface area contributed by atoms with Gasteiger partial charge in [-0.15, -0.1) is 0 Å². The second-order valence-electron chi connectivity index (χ2n) is 5.02. The lowest BCUT2D eigenvalue weighted by Crippen LogP contribution is -2.21. The zero-order valence-corrected chi connectivity index (χ0v) is 10.9. The molecule has 1 N–H and O–H groups in total. The number of benzene rings is 1. The molecule has 0 unspecified atom stereocenters. The van der Waals surface area contributed by atoms with Gasteiger partial charge in [-0.1, -0.05) is 0 Å². The van der Waals surface area contributed by atoms with E-state index in [1.807, 2.05) is 6.07 Å². The van der Waals surface area contributed by atoms with E-state index in [4.69, 9.17) is 4.74 Å². The predicted molar refractivity (Wildman–Crippen MR) is 74.2 cm³/mol. The van der Waals surface area contributed by atoms with Gasteiger partial charge in [0, 0.05) is 29.7 Å². The lowest BCUT2D eigenvalue weighted by Gasteiger charge is -2.13. The summed E-state index contributed by atoms with van der Waals surface area (Å²) in [6.45, 7) is 3.73. The highest BCUT2D eigenvalue weighted by Crippen LogP contribution is 2.23. The Kier molecular flexibility index (Phi) is 3.24. The molecule has 1 aromatic carbocycles. The summed E-state index contributed by atoms with van der Waals surface area (Å²) >= 11 is 0. The van der Waals surface area contributed by atoms with Crippen LogP contribution in [0.4, 0.5) is 0 Å². The largest absolute Gasteiger partial charge is 0.497 e. The van der Waals surface area contributed by atoms with Crippen LogP contribution in [0.1, 0.15) is 18.4 Å². The van der Waals surface area contributed by atoms with Crippen LogP contribution >= 0.6 is 0 Å². The fraction of sp³-hybridized carbons (Fsp3) is 0.467. The van der Waals surface area contributed by atoms with E-state index in [1.54, 1.807) is 7.11 Å². The number of hydrogen-bond donors (Lipinski definition) is 1. The van der Waals surface area contributed by atoms with E-state index >= 15 is 0 Å². The SMILES string of the molecule is COc1ccc2c(CCN3CCCC3)c[nH]c2c1. The van der Waals surface area contributed by atoms with Gasteiger partial charge in [0.1, 0.15) is 5.75 Å². The zero-order chi connectivity index (χ0) is 12.4. The molecule has 18 heavy (non-hydrogen) atoms. The average Bonchev–Trinajstić information content (AvgIpc) is 3.05. The van der Waals surface area contributed by atoms with Gasteiger partial charge in [0.2, 0.25) is 0 Å². The van der Waals surface area contributed by atoms with Gasteiger partial charge < -0.3 is 14.6 Å². The maximum Gasteiger partial charge on any atom is 0.120 e. The summed E-state index contributed by atoms with van der Waals surface area (Å²) in [6, 6.07) is 6.26. The predicted octanol–water partition coefficient (Wildman–Crippen LogP) is 2.81. The van der Waals surface area contributed by atoms with Crippen LogP contribution in [-0.2, 0) is 6.42 Å². The number of aromatic nitrogens is 1. The standard InChI is InChI=1S/C15H20N2O/c1-18-13-4-5-14-12(11-16-15(14)10-13)6-9-17-7-2-3-8-17/h4-5,10-11,16H,2-3,6-9H2,1H3. The minimum atomic E-state index is 0.912. The second-order valence-corrected chi connectivity index (χ2v) is 5.02. The third-order valence-electron chi connectivity index (χ3n) is 3.87. The molecule has 2 aromatic rings. The lowest BCUT2D eigenvalue weighted by molar-refractivity contribution is 0.344. The third-order valence-corrected chi connectivity index (χ3v) is 3.87. The normalized spacial score (nSPS) is 16.5. The Labute approximate surface area is 108 Å². The molecule has 1 aliphatic heterocycles. The molecular weight excluding hydrogens is 224 g/mol. The molecule has 0 spiro atoms. The van der Waals surface area contributed by atoms with E-state index in [-0.39, 0.29) is 0 Å². The van der Waals surface area contributed by atoms with Gasteiger partial charge in [-0.05, 0) is 50.0 Å². The van der Waals surface area contributed by atoms with Crippen LogP contribution in [0.15, 0.2) is 24.4 Å². The second kappa shape index (κ2) is 5.02. The van der Waals surface area contributed by atoms with Crippen molar-refractivity contribution in [1.82, 2.24) is 9.88 Å². The molecule has 0 amide bonds. The summed E-state index contributed by atoms with van der Waals surface area (Å²) in [5, 5.41) is 1.33. The molecule has 0 radical (unpaired) electrons. The summed E-state index contributed by atoms with van der Waals surface area (Å²) in [5.41, 5.74) is 2.59. The zero-order valence-electron chi connectivity index (χ0n) is 10.9. The number of aromatic amines is 1.